The Labute approximate surface area is 177 Å². The van der Waals surface area contributed by atoms with Crippen LogP contribution in [0.5, 0.6) is 5.75 Å². The number of rotatable bonds is 6. The predicted octanol–water partition coefficient (Wildman–Crippen LogP) is 3.43. The van der Waals surface area contributed by atoms with Gasteiger partial charge in [0, 0.05) is 37.8 Å². The molecule has 0 radical (unpaired) electrons. The van der Waals surface area contributed by atoms with E-state index < -0.39 is 0 Å². The van der Waals surface area contributed by atoms with Gasteiger partial charge in [0.05, 0.1) is 18.7 Å². The topological polar surface area (TPSA) is 58.6 Å². The Bertz CT molecular complexity index is 968. The third-order valence-corrected chi connectivity index (χ3v) is 5.27. The lowest BCUT2D eigenvalue weighted by atomic mass is 10.1. The molecule has 0 aliphatic carbocycles. The summed E-state index contributed by atoms with van der Waals surface area (Å²) in [6.45, 7) is 5.55. The molecule has 1 aliphatic heterocycles. The number of carbonyl (C=O) groups is 1. The van der Waals surface area contributed by atoms with Gasteiger partial charge < -0.3 is 14.5 Å². The van der Waals surface area contributed by atoms with E-state index in [1.54, 1.807) is 6.33 Å². The molecular formula is C24H26N4O2. The highest BCUT2D eigenvalue weighted by molar-refractivity contribution is 5.79. The molecule has 154 valence electrons. The predicted molar refractivity (Wildman–Crippen MR) is 118 cm³/mol. The van der Waals surface area contributed by atoms with Crippen molar-refractivity contribution >= 4 is 11.7 Å². The fourth-order valence-electron chi connectivity index (χ4n) is 3.63. The number of benzene rings is 2. The molecule has 0 unspecified atom stereocenters. The van der Waals surface area contributed by atoms with Crippen LogP contribution in [0.4, 0.5) is 5.82 Å². The third kappa shape index (κ3) is 4.76. The lowest BCUT2D eigenvalue weighted by Crippen LogP contribution is -2.49. The van der Waals surface area contributed by atoms with E-state index in [-0.39, 0.29) is 5.91 Å². The van der Waals surface area contributed by atoms with E-state index in [0.717, 1.165) is 41.5 Å². The number of anilines is 1. The van der Waals surface area contributed by atoms with Gasteiger partial charge in [-0.25, -0.2) is 9.97 Å². The van der Waals surface area contributed by atoms with Crippen LogP contribution < -0.4 is 9.64 Å². The van der Waals surface area contributed by atoms with Crippen molar-refractivity contribution in [3.05, 3.63) is 72.6 Å². The van der Waals surface area contributed by atoms with Crippen molar-refractivity contribution < 1.29 is 9.53 Å². The van der Waals surface area contributed by atoms with Gasteiger partial charge in [-0.15, -0.1) is 0 Å². The normalized spacial score (nSPS) is 13.9. The maximum Gasteiger partial charge on any atom is 0.227 e. The smallest absolute Gasteiger partial charge is 0.227 e. The Morgan fingerprint density at radius 2 is 1.70 bits per heavy atom. The highest BCUT2D eigenvalue weighted by Crippen LogP contribution is 2.24. The van der Waals surface area contributed by atoms with Crippen LogP contribution in [0.1, 0.15) is 12.5 Å². The molecule has 1 saturated heterocycles. The monoisotopic (exact) mass is 402 g/mol. The molecule has 6 heteroatoms. The number of aromatic nitrogens is 2. The molecule has 0 spiro atoms. The molecule has 2 aromatic carbocycles. The van der Waals surface area contributed by atoms with E-state index >= 15 is 0 Å². The highest BCUT2D eigenvalue weighted by atomic mass is 16.5. The molecule has 1 fully saturated rings. The second-order valence-corrected chi connectivity index (χ2v) is 7.25. The lowest BCUT2D eigenvalue weighted by molar-refractivity contribution is -0.130. The molecule has 4 rings (SSSR count). The van der Waals surface area contributed by atoms with Crippen molar-refractivity contribution in [2.45, 2.75) is 13.3 Å². The van der Waals surface area contributed by atoms with Crippen molar-refractivity contribution in [2.75, 3.05) is 37.7 Å². The first-order valence-electron chi connectivity index (χ1n) is 10.3. The van der Waals surface area contributed by atoms with Crippen LogP contribution in [-0.2, 0) is 11.2 Å². The highest BCUT2D eigenvalue weighted by Gasteiger charge is 2.22. The molecule has 30 heavy (non-hydrogen) atoms. The van der Waals surface area contributed by atoms with E-state index in [9.17, 15) is 4.79 Å². The first kappa shape index (κ1) is 19.9. The Hall–Kier alpha value is -3.41. The molecule has 3 aromatic rings. The van der Waals surface area contributed by atoms with Crippen molar-refractivity contribution in [1.82, 2.24) is 14.9 Å². The third-order valence-electron chi connectivity index (χ3n) is 5.27. The van der Waals surface area contributed by atoms with Crippen LogP contribution in [-0.4, -0.2) is 53.6 Å². The Morgan fingerprint density at radius 1 is 0.967 bits per heavy atom. The summed E-state index contributed by atoms with van der Waals surface area (Å²) < 4.78 is 5.51. The van der Waals surface area contributed by atoms with Crippen molar-refractivity contribution in [3.63, 3.8) is 0 Å². The Kier molecular flexibility index (Phi) is 6.23. The SMILES string of the molecule is CCOc1ccc(-c2cc(N3CCN(C(=O)Cc4ccccc4)CC3)ncn2)cc1. The molecule has 2 heterocycles. The second kappa shape index (κ2) is 9.39. The quantitative estimate of drug-likeness (QED) is 0.632. The van der Waals surface area contributed by atoms with Gasteiger partial charge in [-0.3, -0.25) is 4.79 Å². The van der Waals surface area contributed by atoms with Crippen LogP contribution in [0.3, 0.4) is 0 Å². The minimum absolute atomic E-state index is 0.179. The summed E-state index contributed by atoms with van der Waals surface area (Å²) in [5, 5.41) is 0. The van der Waals surface area contributed by atoms with E-state index in [4.69, 9.17) is 4.74 Å². The number of amides is 1. The number of carbonyl (C=O) groups excluding carboxylic acids is 1. The van der Waals surface area contributed by atoms with Crippen LogP contribution in [0.15, 0.2) is 67.0 Å². The van der Waals surface area contributed by atoms with Gasteiger partial charge in [0.25, 0.3) is 0 Å². The van der Waals surface area contributed by atoms with Gasteiger partial charge in [0.15, 0.2) is 0 Å². The number of nitrogens with zero attached hydrogens (tertiary/aromatic N) is 4. The van der Waals surface area contributed by atoms with E-state index in [2.05, 4.69) is 14.9 Å². The van der Waals surface area contributed by atoms with Crippen molar-refractivity contribution in [2.24, 2.45) is 0 Å². The Morgan fingerprint density at radius 3 is 2.40 bits per heavy atom. The first-order valence-corrected chi connectivity index (χ1v) is 10.3. The standard InChI is InChI=1S/C24H26N4O2/c1-2-30-21-10-8-20(9-11-21)22-17-23(26-18-25-22)27-12-14-28(15-13-27)24(29)16-19-6-4-3-5-7-19/h3-11,17-18H,2,12-16H2,1H3. The molecule has 0 bridgehead atoms. The number of hydrogen-bond donors (Lipinski definition) is 0. The zero-order chi connectivity index (χ0) is 20.8. The van der Waals surface area contributed by atoms with Crippen LogP contribution in [0.25, 0.3) is 11.3 Å². The van der Waals surface area contributed by atoms with E-state index in [0.29, 0.717) is 26.1 Å². The van der Waals surface area contributed by atoms with Crippen molar-refractivity contribution in [1.29, 1.82) is 0 Å². The molecule has 6 nitrogen and oxygen atoms in total. The minimum atomic E-state index is 0.179. The fourth-order valence-corrected chi connectivity index (χ4v) is 3.63. The second-order valence-electron chi connectivity index (χ2n) is 7.25. The zero-order valence-corrected chi connectivity index (χ0v) is 17.2. The first-order chi connectivity index (χ1) is 14.7. The van der Waals surface area contributed by atoms with Gasteiger partial charge >= 0.3 is 0 Å². The van der Waals surface area contributed by atoms with Crippen LogP contribution in [0, 0.1) is 0 Å². The van der Waals surface area contributed by atoms with Crippen LogP contribution >= 0.6 is 0 Å². The van der Waals surface area contributed by atoms with Gasteiger partial charge in [-0.2, -0.15) is 0 Å². The summed E-state index contributed by atoms with van der Waals surface area (Å²) in [6.07, 6.45) is 2.06. The average Bonchev–Trinajstić information content (AvgIpc) is 2.81. The van der Waals surface area contributed by atoms with Crippen LogP contribution in [0.2, 0.25) is 0 Å². The van der Waals surface area contributed by atoms with Gasteiger partial charge in [0.1, 0.15) is 17.9 Å². The summed E-state index contributed by atoms with van der Waals surface area (Å²) in [5.41, 5.74) is 2.96. The summed E-state index contributed by atoms with van der Waals surface area (Å²) in [7, 11) is 0. The molecular weight excluding hydrogens is 376 g/mol. The van der Waals surface area contributed by atoms with E-state index in [1.165, 1.54) is 0 Å². The molecule has 0 saturated carbocycles. The Balaban J connectivity index is 1.38. The summed E-state index contributed by atoms with van der Waals surface area (Å²) in [4.78, 5) is 25.6. The lowest BCUT2D eigenvalue weighted by Gasteiger charge is -2.35. The zero-order valence-electron chi connectivity index (χ0n) is 17.2. The number of piperazine rings is 1. The fraction of sp³-hybridized carbons (Fsp3) is 0.292. The summed E-state index contributed by atoms with van der Waals surface area (Å²) in [6, 6.07) is 19.8. The number of hydrogen-bond acceptors (Lipinski definition) is 5. The van der Waals surface area contributed by atoms with Gasteiger partial charge in [0.2, 0.25) is 5.91 Å². The molecule has 0 N–H and O–H groups in total. The number of ether oxygens (including phenoxy) is 1. The average molecular weight is 402 g/mol. The summed E-state index contributed by atoms with van der Waals surface area (Å²) in [5.74, 6) is 1.93. The van der Waals surface area contributed by atoms with Gasteiger partial charge in [-0.1, -0.05) is 30.3 Å². The molecule has 0 atom stereocenters. The minimum Gasteiger partial charge on any atom is -0.494 e. The summed E-state index contributed by atoms with van der Waals surface area (Å²) >= 11 is 0. The maximum atomic E-state index is 12.6. The van der Waals surface area contributed by atoms with Crippen molar-refractivity contribution in [3.8, 4) is 17.0 Å². The molecule has 1 aliphatic rings. The molecule has 1 aromatic heterocycles. The largest absolute Gasteiger partial charge is 0.494 e. The molecule has 1 amide bonds. The van der Waals surface area contributed by atoms with E-state index in [1.807, 2.05) is 72.5 Å². The van der Waals surface area contributed by atoms with Gasteiger partial charge in [-0.05, 0) is 36.8 Å². The maximum absolute atomic E-state index is 12.6.